The van der Waals surface area contributed by atoms with Crippen molar-refractivity contribution in [3.8, 4) is 0 Å². The summed E-state index contributed by atoms with van der Waals surface area (Å²) in [4.78, 5) is 11.7. The summed E-state index contributed by atoms with van der Waals surface area (Å²) in [6.07, 6.45) is 1.63. The second-order valence-electron chi connectivity index (χ2n) is 6.69. The molecule has 8 heteroatoms. The first-order valence-electron chi connectivity index (χ1n) is 9.15. The Morgan fingerprint density at radius 2 is 2.16 bits per heavy atom. The highest BCUT2D eigenvalue weighted by Crippen LogP contribution is 2.08. The Morgan fingerprint density at radius 1 is 1.32 bits per heavy atom. The minimum atomic E-state index is 0.498. The molecule has 2 aliphatic heterocycles. The molecule has 25 heavy (non-hydrogen) atoms. The number of hydrogen-bond donors (Lipinski definition) is 1. The minimum Gasteiger partial charge on any atom is -0.379 e. The van der Waals surface area contributed by atoms with Gasteiger partial charge >= 0.3 is 0 Å². The number of hydrogen-bond acceptors (Lipinski definition) is 6. The summed E-state index contributed by atoms with van der Waals surface area (Å²) < 4.78 is 10.4. The summed E-state index contributed by atoms with van der Waals surface area (Å²) >= 11 is 0. The molecule has 1 atom stereocenters. The lowest BCUT2D eigenvalue weighted by molar-refractivity contribution is 0.000802. The van der Waals surface area contributed by atoms with Crippen molar-refractivity contribution >= 4 is 5.96 Å². The van der Waals surface area contributed by atoms with Crippen LogP contribution in [0.25, 0.3) is 0 Å². The molecule has 0 aromatic carbocycles. The van der Waals surface area contributed by atoms with Gasteiger partial charge in [-0.3, -0.25) is 14.8 Å². The molecule has 2 aliphatic rings. The van der Waals surface area contributed by atoms with Crippen LogP contribution in [0.15, 0.2) is 21.8 Å². The van der Waals surface area contributed by atoms with Crippen LogP contribution in [0, 0.1) is 0 Å². The quantitative estimate of drug-likeness (QED) is 0.596. The van der Waals surface area contributed by atoms with E-state index in [0.29, 0.717) is 6.04 Å². The van der Waals surface area contributed by atoms with Crippen molar-refractivity contribution in [3.05, 3.63) is 18.0 Å². The zero-order chi connectivity index (χ0) is 17.5. The van der Waals surface area contributed by atoms with Crippen molar-refractivity contribution in [1.82, 2.24) is 25.2 Å². The maximum absolute atomic E-state index is 5.49. The molecule has 8 nitrogen and oxygen atoms in total. The van der Waals surface area contributed by atoms with Gasteiger partial charge in [-0.15, -0.1) is 0 Å². The first-order chi connectivity index (χ1) is 12.3. The fourth-order valence-electron chi connectivity index (χ4n) is 3.40. The molecule has 2 saturated heterocycles. The molecule has 1 unspecified atom stereocenters. The largest absolute Gasteiger partial charge is 0.379 e. The molecule has 0 radical (unpaired) electrons. The highest BCUT2D eigenvalue weighted by atomic mass is 16.5. The molecular weight excluding hydrogens is 320 g/mol. The van der Waals surface area contributed by atoms with Gasteiger partial charge < -0.3 is 19.5 Å². The molecule has 1 aromatic rings. The Hall–Kier alpha value is -1.64. The van der Waals surface area contributed by atoms with Crippen molar-refractivity contribution in [3.63, 3.8) is 0 Å². The summed E-state index contributed by atoms with van der Waals surface area (Å²) in [5.41, 5.74) is 0.996. The molecule has 140 valence electrons. The molecule has 1 N–H and O–H groups in total. The summed E-state index contributed by atoms with van der Waals surface area (Å²) in [6.45, 7) is 11.7. The van der Waals surface area contributed by atoms with Crippen LogP contribution in [0.4, 0.5) is 0 Å². The Kier molecular flexibility index (Phi) is 6.66. The summed E-state index contributed by atoms with van der Waals surface area (Å²) in [5, 5.41) is 7.51. The Balaban J connectivity index is 1.38. The lowest BCUT2D eigenvalue weighted by atomic mass is 10.2. The van der Waals surface area contributed by atoms with Crippen LogP contribution in [0.1, 0.15) is 12.6 Å². The van der Waals surface area contributed by atoms with Crippen molar-refractivity contribution in [2.24, 2.45) is 4.99 Å². The topological polar surface area (TPSA) is 69.4 Å². The third-order valence-corrected chi connectivity index (χ3v) is 4.95. The standard InChI is InChI=1S/C17H30N6O2/c1-15-14-24-12-10-22(15)5-4-19-17(18-2)23-8-6-21(7-9-23)13-16-3-11-25-20-16/h3,11,15H,4-10,12-14H2,1-2H3,(H,18,19). The Bertz CT molecular complexity index is 527. The molecule has 0 amide bonds. The summed E-state index contributed by atoms with van der Waals surface area (Å²) in [7, 11) is 1.86. The zero-order valence-corrected chi connectivity index (χ0v) is 15.4. The zero-order valence-electron chi connectivity index (χ0n) is 15.4. The third kappa shape index (κ3) is 5.17. The number of aromatic nitrogens is 1. The van der Waals surface area contributed by atoms with E-state index in [1.54, 1.807) is 6.26 Å². The van der Waals surface area contributed by atoms with Crippen LogP contribution >= 0.6 is 0 Å². The van der Waals surface area contributed by atoms with Gasteiger partial charge in [0.05, 0.1) is 18.9 Å². The lowest BCUT2D eigenvalue weighted by Crippen LogP contribution is -2.53. The number of piperazine rings is 1. The number of rotatable bonds is 5. The van der Waals surface area contributed by atoms with Crippen LogP contribution in [0.5, 0.6) is 0 Å². The van der Waals surface area contributed by atoms with Gasteiger partial charge in [0.15, 0.2) is 5.96 Å². The van der Waals surface area contributed by atoms with Crippen molar-refractivity contribution in [2.45, 2.75) is 19.5 Å². The monoisotopic (exact) mass is 350 g/mol. The number of nitrogens with one attached hydrogen (secondary N) is 1. The van der Waals surface area contributed by atoms with Crippen LogP contribution in [-0.4, -0.2) is 97.9 Å². The van der Waals surface area contributed by atoms with E-state index in [2.05, 4.69) is 37.1 Å². The second kappa shape index (κ2) is 9.17. The highest BCUT2D eigenvalue weighted by Gasteiger charge is 2.21. The van der Waals surface area contributed by atoms with Gasteiger partial charge in [-0.25, -0.2) is 0 Å². The van der Waals surface area contributed by atoms with Gasteiger partial charge in [-0.2, -0.15) is 0 Å². The number of guanidine groups is 1. The van der Waals surface area contributed by atoms with Gasteiger partial charge in [0, 0.05) is 71.5 Å². The molecule has 3 rings (SSSR count). The smallest absolute Gasteiger partial charge is 0.193 e. The van der Waals surface area contributed by atoms with Gasteiger partial charge in [-0.05, 0) is 6.92 Å². The average molecular weight is 350 g/mol. The van der Waals surface area contributed by atoms with Crippen LogP contribution in [0.3, 0.4) is 0 Å². The third-order valence-electron chi connectivity index (χ3n) is 4.95. The van der Waals surface area contributed by atoms with Crippen molar-refractivity contribution in [1.29, 1.82) is 0 Å². The van der Waals surface area contributed by atoms with E-state index in [-0.39, 0.29) is 0 Å². The predicted octanol–water partition coefficient (Wildman–Crippen LogP) is 0.0883. The van der Waals surface area contributed by atoms with E-state index in [0.717, 1.165) is 77.2 Å². The van der Waals surface area contributed by atoms with Crippen molar-refractivity contribution in [2.75, 3.05) is 66.1 Å². The fraction of sp³-hybridized carbons (Fsp3) is 0.765. The van der Waals surface area contributed by atoms with Gasteiger partial charge in [0.2, 0.25) is 0 Å². The SMILES string of the molecule is CN=C(NCCN1CCOCC1C)N1CCN(Cc2ccon2)CC1. The van der Waals surface area contributed by atoms with Crippen molar-refractivity contribution < 1.29 is 9.26 Å². The molecule has 3 heterocycles. The first kappa shape index (κ1) is 18.2. The van der Waals surface area contributed by atoms with E-state index in [9.17, 15) is 0 Å². The molecule has 0 saturated carbocycles. The van der Waals surface area contributed by atoms with Crippen LogP contribution < -0.4 is 5.32 Å². The molecule has 2 fully saturated rings. The average Bonchev–Trinajstić information content (AvgIpc) is 3.14. The van der Waals surface area contributed by atoms with Gasteiger partial charge in [0.1, 0.15) is 6.26 Å². The van der Waals surface area contributed by atoms with Crippen LogP contribution in [-0.2, 0) is 11.3 Å². The first-order valence-corrected chi connectivity index (χ1v) is 9.15. The van der Waals surface area contributed by atoms with E-state index >= 15 is 0 Å². The molecule has 0 spiro atoms. The second-order valence-corrected chi connectivity index (χ2v) is 6.69. The summed E-state index contributed by atoms with van der Waals surface area (Å²) in [5.74, 6) is 1.00. The van der Waals surface area contributed by atoms with Gasteiger partial charge in [0.25, 0.3) is 0 Å². The highest BCUT2D eigenvalue weighted by molar-refractivity contribution is 5.80. The number of ether oxygens (including phenoxy) is 1. The molecule has 0 bridgehead atoms. The molecule has 0 aliphatic carbocycles. The number of morpholine rings is 1. The minimum absolute atomic E-state index is 0.498. The van der Waals surface area contributed by atoms with E-state index in [1.165, 1.54) is 0 Å². The Morgan fingerprint density at radius 3 is 2.84 bits per heavy atom. The number of aliphatic imine (C=N–C) groups is 1. The van der Waals surface area contributed by atoms with Gasteiger partial charge in [-0.1, -0.05) is 5.16 Å². The normalized spacial score (nSPS) is 23.8. The summed E-state index contributed by atoms with van der Waals surface area (Å²) in [6, 6.07) is 2.43. The van der Waals surface area contributed by atoms with E-state index < -0.39 is 0 Å². The number of nitrogens with zero attached hydrogens (tertiary/aromatic N) is 5. The maximum Gasteiger partial charge on any atom is 0.193 e. The van der Waals surface area contributed by atoms with Crippen LogP contribution in [0.2, 0.25) is 0 Å². The fourth-order valence-corrected chi connectivity index (χ4v) is 3.40. The Labute approximate surface area is 149 Å². The predicted molar refractivity (Wildman–Crippen MR) is 96.6 cm³/mol. The maximum atomic E-state index is 5.49. The lowest BCUT2D eigenvalue weighted by Gasteiger charge is -2.37. The van der Waals surface area contributed by atoms with E-state index in [4.69, 9.17) is 9.26 Å². The van der Waals surface area contributed by atoms with E-state index in [1.807, 2.05) is 13.1 Å². The molecule has 1 aromatic heterocycles. The molecular formula is C17H30N6O2.